The summed E-state index contributed by atoms with van der Waals surface area (Å²) >= 11 is 0. The molecule has 1 fully saturated rings. The second-order valence-electron chi connectivity index (χ2n) is 5.91. The van der Waals surface area contributed by atoms with E-state index in [1.54, 1.807) is 0 Å². The van der Waals surface area contributed by atoms with Crippen LogP contribution < -0.4 is 5.32 Å². The molecule has 1 unspecified atom stereocenters. The standard InChI is InChI=1S/C14H27F3N2O/c1-4-7-18-12(5-6-14(15,16)17)13(2,3)19-8-10-20-11-9-19/h12,18H,4-11H2,1-3H3. The Labute approximate surface area is 119 Å². The number of nitrogens with zero attached hydrogens (tertiary/aromatic N) is 1. The van der Waals surface area contributed by atoms with Gasteiger partial charge in [-0.2, -0.15) is 13.2 Å². The zero-order valence-corrected chi connectivity index (χ0v) is 12.7. The molecule has 0 aliphatic carbocycles. The molecule has 120 valence electrons. The summed E-state index contributed by atoms with van der Waals surface area (Å²) in [5, 5.41) is 3.30. The highest BCUT2D eigenvalue weighted by Crippen LogP contribution is 2.28. The van der Waals surface area contributed by atoms with Gasteiger partial charge >= 0.3 is 6.18 Å². The third-order valence-corrected chi connectivity index (χ3v) is 4.04. The van der Waals surface area contributed by atoms with Crippen LogP contribution in [0.2, 0.25) is 0 Å². The first kappa shape index (κ1) is 17.7. The third kappa shape index (κ3) is 5.58. The van der Waals surface area contributed by atoms with E-state index in [1.165, 1.54) is 0 Å². The topological polar surface area (TPSA) is 24.5 Å². The molecule has 0 spiro atoms. The van der Waals surface area contributed by atoms with Gasteiger partial charge in [0.1, 0.15) is 0 Å². The average molecular weight is 296 g/mol. The monoisotopic (exact) mass is 296 g/mol. The van der Waals surface area contributed by atoms with Gasteiger partial charge in [-0.3, -0.25) is 4.90 Å². The van der Waals surface area contributed by atoms with Gasteiger partial charge in [-0.05, 0) is 33.2 Å². The van der Waals surface area contributed by atoms with Crippen molar-refractivity contribution in [3.8, 4) is 0 Å². The molecule has 3 nitrogen and oxygen atoms in total. The lowest BCUT2D eigenvalue weighted by atomic mass is 9.88. The minimum atomic E-state index is -4.09. The van der Waals surface area contributed by atoms with Crippen LogP contribution in [0.25, 0.3) is 0 Å². The van der Waals surface area contributed by atoms with Gasteiger partial charge in [0.25, 0.3) is 0 Å². The molecule has 1 aliphatic heterocycles. The Morgan fingerprint density at radius 3 is 2.30 bits per heavy atom. The first-order chi connectivity index (χ1) is 9.27. The SMILES string of the molecule is CCCNC(CCC(F)(F)F)C(C)(C)N1CCOCC1. The molecule has 0 radical (unpaired) electrons. The van der Waals surface area contributed by atoms with Gasteiger partial charge in [-0.25, -0.2) is 0 Å². The van der Waals surface area contributed by atoms with Gasteiger partial charge in [0.2, 0.25) is 0 Å². The molecular weight excluding hydrogens is 269 g/mol. The summed E-state index contributed by atoms with van der Waals surface area (Å²) < 4.78 is 42.8. The number of ether oxygens (including phenoxy) is 1. The van der Waals surface area contributed by atoms with Crippen LogP contribution in [-0.2, 0) is 4.74 Å². The van der Waals surface area contributed by atoms with Crippen molar-refractivity contribution in [1.29, 1.82) is 0 Å². The van der Waals surface area contributed by atoms with Crippen LogP contribution in [0.3, 0.4) is 0 Å². The van der Waals surface area contributed by atoms with Crippen LogP contribution in [0.15, 0.2) is 0 Å². The lowest BCUT2D eigenvalue weighted by Gasteiger charge is -2.46. The maximum atomic E-state index is 12.5. The summed E-state index contributed by atoms with van der Waals surface area (Å²) in [6.07, 6.45) is -3.79. The van der Waals surface area contributed by atoms with Crippen molar-refractivity contribution in [1.82, 2.24) is 10.2 Å². The van der Waals surface area contributed by atoms with E-state index in [0.717, 1.165) is 26.1 Å². The fraction of sp³-hybridized carbons (Fsp3) is 1.00. The van der Waals surface area contributed by atoms with Crippen molar-refractivity contribution >= 4 is 0 Å². The smallest absolute Gasteiger partial charge is 0.379 e. The molecule has 1 rings (SSSR count). The molecule has 0 bridgehead atoms. The van der Waals surface area contributed by atoms with Crippen LogP contribution in [0.4, 0.5) is 13.2 Å². The lowest BCUT2D eigenvalue weighted by Crippen LogP contribution is -2.60. The maximum absolute atomic E-state index is 12.5. The summed E-state index contributed by atoms with van der Waals surface area (Å²) in [7, 11) is 0. The number of hydrogen-bond acceptors (Lipinski definition) is 3. The van der Waals surface area contributed by atoms with E-state index in [0.29, 0.717) is 13.2 Å². The van der Waals surface area contributed by atoms with Crippen LogP contribution in [0, 0.1) is 0 Å². The molecule has 1 atom stereocenters. The molecule has 1 saturated heterocycles. The predicted octanol–water partition coefficient (Wildman–Crippen LogP) is 2.81. The van der Waals surface area contributed by atoms with Crippen molar-refractivity contribution in [3.63, 3.8) is 0 Å². The van der Waals surface area contributed by atoms with Crippen molar-refractivity contribution in [2.45, 2.75) is 57.8 Å². The van der Waals surface area contributed by atoms with Crippen molar-refractivity contribution in [2.24, 2.45) is 0 Å². The number of rotatable bonds is 7. The van der Waals surface area contributed by atoms with E-state index in [4.69, 9.17) is 4.74 Å². The zero-order chi connectivity index (χ0) is 15.2. The molecule has 1 heterocycles. The van der Waals surface area contributed by atoms with Gasteiger partial charge < -0.3 is 10.1 Å². The number of morpholine rings is 1. The first-order valence-corrected chi connectivity index (χ1v) is 7.40. The zero-order valence-electron chi connectivity index (χ0n) is 12.7. The van der Waals surface area contributed by atoms with E-state index >= 15 is 0 Å². The van der Waals surface area contributed by atoms with Crippen molar-refractivity contribution in [2.75, 3.05) is 32.8 Å². The molecule has 0 amide bonds. The largest absolute Gasteiger partial charge is 0.389 e. The van der Waals surface area contributed by atoms with Gasteiger partial charge in [-0.15, -0.1) is 0 Å². The predicted molar refractivity (Wildman–Crippen MR) is 73.8 cm³/mol. The summed E-state index contributed by atoms with van der Waals surface area (Å²) in [5.41, 5.74) is -0.301. The van der Waals surface area contributed by atoms with Crippen LogP contribution in [0.1, 0.15) is 40.0 Å². The second kappa shape index (κ2) is 7.61. The molecule has 20 heavy (non-hydrogen) atoms. The average Bonchev–Trinajstić information content (AvgIpc) is 2.38. The molecule has 0 aromatic carbocycles. The number of alkyl halides is 3. The third-order valence-electron chi connectivity index (χ3n) is 4.04. The Morgan fingerprint density at radius 2 is 1.80 bits per heavy atom. The second-order valence-corrected chi connectivity index (χ2v) is 5.91. The highest BCUT2D eigenvalue weighted by molar-refractivity contribution is 4.94. The fourth-order valence-electron chi connectivity index (χ4n) is 2.69. The minimum absolute atomic E-state index is 0.119. The fourth-order valence-corrected chi connectivity index (χ4v) is 2.69. The Hall–Kier alpha value is -0.330. The summed E-state index contributed by atoms with van der Waals surface area (Å²) in [6.45, 7) is 9.70. The van der Waals surface area contributed by atoms with E-state index in [1.807, 2.05) is 20.8 Å². The number of hydrogen-bond donors (Lipinski definition) is 1. The lowest BCUT2D eigenvalue weighted by molar-refractivity contribution is -0.139. The van der Waals surface area contributed by atoms with E-state index in [2.05, 4.69) is 10.2 Å². The Bertz CT molecular complexity index is 276. The van der Waals surface area contributed by atoms with E-state index in [-0.39, 0.29) is 18.0 Å². The van der Waals surface area contributed by atoms with Crippen LogP contribution in [-0.4, -0.2) is 55.5 Å². The molecule has 0 saturated carbocycles. The molecular formula is C14H27F3N2O. The minimum Gasteiger partial charge on any atom is -0.379 e. The van der Waals surface area contributed by atoms with Gasteiger partial charge in [0.15, 0.2) is 0 Å². The van der Waals surface area contributed by atoms with E-state index < -0.39 is 12.6 Å². The molecule has 0 aromatic heterocycles. The van der Waals surface area contributed by atoms with E-state index in [9.17, 15) is 13.2 Å². The van der Waals surface area contributed by atoms with Gasteiger partial charge in [-0.1, -0.05) is 6.92 Å². The summed E-state index contributed by atoms with van der Waals surface area (Å²) in [5.74, 6) is 0. The summed E-state index contributed by atoms with van der Waals surface area (Å²) in [6, 6.07) is -0.165. The highest BCUT2D eigenvalue weighted by Gasteiger charge is 2.38. The number of nitrogens with one attached hydrogen (secondary N) is 1. The van der Waals surface area contributed by atoms with Crippen molar-refractivity contribution < 1.29 is 17.9 Å². The molecule has 1 N–H and O–H groups in total. The highest BCUT2D eigenvalue weighted by atomic mass is 19.4. The Balaban J connectivity index is 2.67. The van der Waals surface area contributed by atoms with Crippen LogP contribution >= 0.6 is 0 Å². The normalized spacial score (nSPS) is 20.1. The maximum Gasteiger partial charge on any atom is 0.389 e. The van der Waals surface area contributed by atoms with Gasteiger partial charge in [0, 0.05) is 31.1 Å². The molecule has 6 heteroatoms. The summed E-state index contributed by atoms with van der Waals surface area (Å²) in [4.78, 5) is 2.24. The molecule has 0 aromatic rings. The first-order valence-electron chi connectivity index (χ1n) is 7.40. The van der Waals surface area contributed by atoms with Gasteiger partial charge in [0.05, 0.1) is 13.2 Å². The number of halogens is 3. The van der Waals surface area contributed by atoms with Crippen LogP contribution in [0.5, 0.6) is 0 Å². The quantitative estimate of drug-likeness (QED) is 0.782. The Kier molecular flexibility index (Phi) is 6.75. The Morgan fingerprint density at radius 1 is 1.20 bits per heavy atom. The molecule has 1 aliphatic rings. The van der Waals surface area contributed by atoms with Crippen molar-refractivity contribution in [3.05, 3.63) is 0 Å².